The second-order valence-corrected chi connectivity index (χ2v) is 8.71. The first kappa shape index (κ1) is 16.7. The van der Waals surface area contributed by atoms with Crippen LogP contribution in [0.25, 0.3) is 0 Å². The van der Waals surface area contributed by atoms with E-state index >= 15 is 0 Å². The molecule has 4 rings (SSSR count). The summed E-state index contributed by atoms with van der Waals surface area (Å²) < 4.78 is 29.6. The quantitative estimate of drug-likeness (QED) is 0.825. The Labute approximate surface area is 148 Å². The number of rotatable bonds is 4. The Balaban J connectivity index is 1.59. The van der Waals surface area contributed by atoms with Gasteiger partial charge >= 0.3 is 0 Å². The molecular weight excluding hydrogens is 338 g/mol. The van der Waals surface area contributed by atoms with Gasteiger partial charge in [-0.15, -0.1) is 0 Å². The van der Waals surface area contributed by atoms with Crippen molar-refractivity contribution in [3.8, 4) is 0 Å². The van der Waals surface area contributed by atoms with Gasteiger partial charge in [-0.3, -0.25) is 9.67 Å². The third-order valence-corrected chi connectivity index (χ3v) is 6.84. The van der Waals surface area contributed by atoms with Crippen molar-refractivity contribution >= 4 is 10.0 Å². The minimum Gasteiger partial charge on any atom is -0.301 e. The molecule has 2 aromatic rings. The summed E-state index contributed by atoms with van der Waals surface area (Å²) in [6.07, 6.45) is 8.49. The van der Waals surface area contributed by atoms with Crippen LogP contribution in [0.2, 0.25) is 0 Å². The molecule has 1 atom stereocenters. The van der Waals surface area contributed by atoms with Gasteiger partial charge in [0, 0.05) is 31.7 Å². The molecule has 2 aromatic heterocycles. The maximum absolute atomic E-state index is 13.0. The average molecular weight is 361 g/mol. The molecule has 0 bridgehead atoms. The Bertz CT molecular complexity index is 815. The highest BCUT2D eigenvalue weighted by molar-refractivity contribution is 7.89. The van der Waals surface area contributed by atoms with Gasteiger partial charge in [0.1, 0.15) is 4.90 Å². The zero-order valence-electron chi connectivity index (χ0n) is 14.2. The van der Waals surface area contributed by atoms with Gasteiger partial charge in [0.15, 0.2) is 0 Å². The number of fused-ring (bicyclic) bond motifs is 1. The summed E-state index contributed by atoms with van der Waals surface area (Å²) in [5, 5.41) is 4.45. The number of hydrogen-bond donors (Lipinski definition) is 0. The van der Waals surface area contributed by atoms with Crippen LogP contribution in [0.3, 0.4) is 0 Å². The SMILES string of the molecule is O=S(=O)(c1cccnc1)N1Cc2ccnn2C(CN2CCCCC2)C1. The molecule has 2 aliphatic rings. The average Bonchev–Trinajstić information content (AvgIpc) is 3.12. The highest BCUT2D eigenvalue weighted by atomic mass is 32.2. The molecule has 0 N–H and O–H groups in total. The molecule has 0 aliphatic carbocycles. The van der Waals surface area contributed by atoms with Crippen molar-refractivity contribution in [3.05, 3.63) is 42.5 Å². The van der Waals surface area contributed by atoms with Crippen molar-refractivity contribution in [2.45, 2.75) is 36.7 Å². The summed E-state index contributed by atoms with van der Waals surface area (Å²) in [6.45, 7) is 3.81. The second kappa shape index (κ2) is 6.86. The summed E-state index contributed by atoms with van der Waals surface area (Å²) in [6, 6.07) is 5.22. The predicted molar refractivity (Wildman–Crippen MR) is 93.4 cm³/mol. The van der Waals surface area contributed by atoms with Crippen molar-refractivity contribution in [3.63, 3.8) is 0 Å². The first-order valence-electron chi connectivity index (χ1n) is 8.79. The summed E-state index contributed by atoms with van der Waals surface area (Å²) in [7, 11) is -3.55. The van der Waals surface area contributed by atoms with E-state index in [9.17, 15) is 8.42 Å². The van der Waals surface area contributed by atoms with Gasteiger partial charge in [0.2, 0.25) is 10.0 Å². The highest BCUT2D eigenvalue weighted by Gasteiger charge is 2.34. The molecule has 25 heavy (non-hydrogen) atoms. The molecule has 0 aromatic carbocycles. The Kier molecular flexibility index (Phi) is 4.58. The lowest BCUT2D eigenvalue weighted by molar-refractivity contribution is 0.160. The van der Waals surface area contributed by atoms with Crippen LogP contribution in [-0.2, 0) is 16.6 Å². The molecule has 1 fully saturated rings. The molecule has 8 heteroatoms. The molecule has 134 valence electrons. The van der Waals surface area contributed by atoms with E-state index in [2.05, 4.69) is 15.0 Å². The topological polar surface area (TPSA) is 71.3 Å². The van der Waals surface area contributed by atoms with Crippen LogP contribution in [0.5, 0.6) is 0 Å². The van der Waals surface area contributed by atoms with Crippen LogP contribution in [0.15, 0.2) is 41.7 Å². The first-order chi connectivity index (χ1) is 12.1. The lowest BCUT2D eigenvalue weighted by Gasteiger charge is -2.37. The third-order valence-electron chi connectivity index (χ3n) is 5.04. The van der Waals surface area contributed by atoms with Crippen molar-refractivity contribution < 1.29 is 8.42 Å². The zero-order chi connectivity index (χ0) is 17.3. The fourth-order valence-electron chi connectivity index (χ4n) is 3.76. The van der Waals surface area contributed by atoms with E-state index < -0.39 is 10.0 Å². The van der Waals surface area contributed by atoms with E-state index in [1.807, 2.05) is 10.7 Å². The fourth-order valence-corrected chi connectivity index (χ4v) is 5.17. The van der Waals surface area contributed by atoms with Crippen LogP contribution in [0.1, 0.15) is 31.0 Å². The van der Waals surface area contributed by atoms with E-state index in [0.29, 0.717) is 13.1 Å². The molecule has 1 unspecified atom stereocenters. The lowest BCUT2D eigenvalue weighted by Crippen LogP contribution is -2.46. The lowest BCUT2D eigenvalue weighted by atomic mass is 10.1. The summed E-state index contributed by atoms with van der Waals surface area (Å²) >= 11 is 0. The van der Waals surface area contributed by atoms with Gasteiger partial charge in [0.05, 0.1) is 18.3 Å². The number of nitrogens with zero attached hydrogens (tertiary/aromatic N) is 5. The van der Waals surface area contributed by atoms with E-state index in [4.69, 9.17) is 0 Å². The van der Waals surface area contributed by atoms with E-state index in [-0.39, 0.29) is 10.9 Å². The maximum Gasteiger partial charge on any atom is 0.245 e. The normalized spacial score (nSPS) is 22.6. The van der Waals surface area contributed by atoms with Crippen molar-refractivity contribution in [2.24, 2.45) is 0 Å². The molecule has 4 heterocycles. The van der Waals surface area contributed by atoms with Crippen molar-refractivity contribution in [2.75, 3.05) is 26.2 Å². The largest absolute Gasteiger partial charge is 0.301 e. The van der Waals surface area contributed by atoms with Gasteiger partial charge in [-0.2, -0.15) is 9.40 Å². The van der Waals surface area contributed by atoms with Gasteiger partial charge in [0.25, 0.3) is 0 Å². The number of aromatic nitrogens is 3. The van der Waals surface area contributed by atoms with E-state index in [1.165, 1.54) is 25.5 Å². The number of sulfonamides is 1. The van der Waals surface area contributed by atoms with Crippen molar-refractivity contribution in [1.82, 2.24) is 24.0 Å². The number of pyridine rings is 1. The van der Waals surface area contributed by atoms with Crippen LogP contribution in [-0.4, -0.2) is 58.6 Å². The summed E-state index contributed by atoms with van der Waals surface area (Å²) in [5.41, 5.74) is 0.945. The molecule has 2 aliphatic heterocycles. The molecule has 0 amide bonds. The monoisotopic (exact) mass is 361 g/mol. The Morgan fingerprint density at radius 3 is 2.72 bits per heavy atom. The van der Waals surface area contributed by atoms with Crippen LogP contribution in [0, 0.1) is 0 Å². The van der Waals surface area contributed by atoms with Crippen LogP contribution >= 0.6 is 0 Å². The van der Waals surface area contributed by atoms with Crippen LogP contribution in [0.4, 0.5) is 0 Å². The van der Waals surface area contributed by atoms with Gasteiger partial charge < -0.3 is 4.90 Å². The fraction of sp³-hybridized carbons (Fsp3) is 0.529. The van der Waals surface area contributed by atoms with Gasteiger partial charge in [-0.1, -0.05) is 6.42 Å². The standard InChI is InChI=1S/C17H23N5O2S/c23-25(24,17-5-4-7-18-11-17)21-13-15-6-8-19-22(15)16(14-21)12-20-9-2-1-3-10-20/h4-8,11,16H,1-3,9-10,12-14H2. The molecule has 0 saturated carbocycles. The predicted octanol–water partition coefficient (Wildman–Crippen LogP) is 1.51. The Morgan fingerprint density at radius 1 is 1.12 bits per heavy atom. The van der Waals surface area contributed by atoms with Gasteiger partial charge in [-0.05, 0) is 44.1 Å². The van der Waals surface area contributed by atoms with E-state index in [1.54, 1.807) is 28.8 Å². The smallest absolute Gasteiger partial charge is 0.245 e. The third kappa shape index (κ3) is 3.33. The van der Waals surface area contributed by atoms with Crippen molar-refractivity contribution in [1.29, 1.82) is 0 Å². The highest BCUT2D eigenvalue weighted by Crippen LogP contribution is 2.27. The van der Waals surface area contributed by atoms with Gasteiger partial charge in [-0.25, -0.2) is 8.42 Å². The number of hydrogen-bond acceptors (Lipinski definition) is 5. The second-order valence-electron chi connectivity index (χ2n) is 6.77. The molecular formula is C17H23N5O2S. The maximum atomic E-state index is 13.0. The minimum absolute atomic E-state index is 0.0447. The van der Waals surface area contributed by atoms with Crippen LogP contribution < -0.4 is 0 Å². The molecule has 7 nitrogen and oxygen atoms in total. The zero-order valence-corrected chi connectivity index (χ0v) is 15.0. The molecule has 0 spiro atoms. The first-order valence-corrected chi connectivity index (χ1v) is 10.2. The number of likely N-dealkylation sites (tertiary alicyclic amines) is 1. The number of piperidine rings is 1. The summed E-state index contributed by atoms with van der Waals surface area (Å²) in [5.74, 6) is 0. The van der Waals surface area contributed by atoms with E-state index in [0.717, 1.165) is 25.3 Å². The minimum atomic E-state index is -3.55. The summed E-state index contributed by atoms with van der Waals surface area (Å²) in [4.78, 5) is 6.64. The Hall–Kier alpha value is -1.77. The molecule has 1 saturated heterocycles. The Morgan fingerprint density at radius 2 is 1.96 bits per heavy atom. The molecule has 0 radical (unpaired) electrons.